The zero-order valence-electron chi connectivity index (χ0n) is 10.8. The fourth-order valence-corrected chi connectivity index (χ4v) is 2.21. The van der Waals surface area contributed by atoms with Gasteiger partial charge in [-0.15, -0.1) is 0 Å². The third kappa shape index (κ3) is 3.68. The number of carbonyl (C=O) groups excluding carboxylic acids is 1. The Morgan fingerprint density at radius 3 is 2.48 bits per heavy atom. The largest absolute Gasteiger partial charge is 0.350 e. The van der Waals surface area contributed by atoms with E-state index in [-0.39, 0.29) is 4.90 Å². The van der Waals surface area contributed by atoms with Crippen molar-refractivity contribution in [2.24, 2.45) is 16.0 Å². The van der Waals surface area contributed by atoms with Gasteiger partial charge in [-0.05, 0) is 36.4 Å². The van der Waals surface area contributed by atoms with Gasteiger partial charge in [0.2, 0.25) is 10.0 Å². The lowest BCUT2D eigenvalue weighted by Gasteiger charge is -2.07. The van der Waals surface area contributed by atoms with Gasteiger partial charge in [0.05, 0.1) is 16.8 Å². The number of hydrazone groups is 1. The van der Waals surface area contributed by atoms with Crippen molar-refractivity contribution >= 4 is 22.3 Å². The first-order valence-corrected chi connectivity index (χ1v) is 7.31. The van der Waals surface area contributed by atoms with Crippen LogP contribution in [0.4, 0.5) is 4.79 Å². The molecule has 5 N–H and O–H groups in total. The molecule has 0 spiro atoms. The van der Waals surface area contributed by atoms with Gasteiger partial charge in [0, 0.05) is 11.9 Å². The van der Waals surface area contributed by atoms with Crippen molar-refractivity contribution in [1.29, 1.82) is 0 Å². The number of primary amides is 1. The van der Waals surface area contributed by atoms with Gasteiger partial charge >= 0.3 is 6.03 Å². The number of nitrogens with zero attached hydrogens (tertiary/aromatic N) is 2. The van der Waals surface area contributed by atoms with Crippen LogP contribution in [0.1, 0.15) is 5.69 Å². The highest BCUT2D eigenvalue weighted by Gasteiger charge is 2.08. The Hall–Kier alpha value is -2.65. The first-order valence-electron chi connectivity index (χ1n) is 5.77. The maximum Gasteiger partial charge on any atom is 0.332 e. The summed E-state index contributed by atoms with van der Waals surface area (Å²) in [5.74, 6) is 0. The smallest absolute Gasteiger partial charge is 0.332 e. The molecular formula is C12H13N5O3S. The molecule has 2 amide bonds. The van der Waals surface area contributed by atoms with Crippen LogP contribution in [-0.2, 0) is 10.0 Å². The first kappa shape index (κ1) is 14.8. The van der Waals surface area contributed by atoms with Crippen LogP contribution < -0.4 is 16.3 Å². The van der Waals surface area contributed by atoms with E-state index in [2.05, 4.69) is 10.5 Å². The Morgan fingerprint density at radius 2 is 1.90 bits per heavy atom. The van der Waals surface area contributed by atoms with Crippen molar-refractivity contribution in [1.82, 2.24) is 9.99 Å². The lowest BCUT2D eigenvalue weighted by Crippen LogP contribution is -2.24. The Balaban J connectivity index is 2.29. The van der Waals surface area contributed by atoms with Gasteiger partial charge in [0.15, 0.2) is 0 Å². The van der Waals surface area contributed by atoms with E-state index in [1.165, 1.54) is 18.3 Å². The first-order chi connectivity index (χ1) is 9.88. The molecule has 110 valence electrons. The van der Waals surface area contributed by atoms with Crippen LogP contribution >= 0.6 is 0 Å². The van der Waals surface area contributed by atoms with Crippen LogP contribution in [0, 0.1) is 0 Å². The fourth-order valence-electron chi connectivity index (χ4n) is 1.69. The number of hydrogen-bond donors (Lipinski definition) is 3. The van der Waals surface area contributed by atoms with Crippen LogP contribution in [0.3, 0.4) is 0 Å². The number of urea groups is 1. The quantitative estimate of drug-likeness (QED) is 0.547. The van der Waals surface area contributed by atoms with Crippen LogP contribution in [0.2, 0.25) is 0 Å². The van der Waals surface area contributed by atoms with E-state index >= 15 is 0 Å². The number of aromatic nitrogens is 1. The lowest BCUT2D eigenvalue weighted by molar-refractivity contribution is 0.249. The van der Waals surface area contributed by atoms with Crippen LogP contribution in [0.25, 0.3) is 5.69 Å². The average Bonchev–Trinajstić information content (AvgIpc) is 2.86. The van der Waals surface area contributed by atoms with Gasteiger partial charge in [-0.2, -0.15) is 5.10 Å². The summed E-state index contributed by atoms with van der Waals surface area (Å²) in [6.07, 6.45) is 3.18. The Kier molecular flexibility index (Phi) is 4.05. The number of sulfonamides is 1. The van der Waals surface area contributed by atoms with E-state index in [4.69, 9.17) is 10.9 Å². The van der Waals surface area contributed by atoms with Gasteiger partial charge in [0.1, 0.15) is 0 Å². The number of amides is 2. The highest BCUT2D eigenvalue weighted by atomic mass is 32.2. The molecule has 0 fully saturated rings. The van der Waals surface area contributed by atoms with Gasteiger partial charge < -0.3 is 10.3 Å². The van der Waals surface area contributed by atoms with Gasteiger partial charge in [0.25, 0.3) is 0 Å². The third-order valence-electron chi connectivity index (χ3n) is 2.60. The number of primary sulfonamides is 1. The van der Waals surface area contributed by atoms with Crippen LogP contribution in [0.15, 0.2) is 52.6 Å². The molecular weight excluding hydrogens is 294 g/mol. The number of nitrogens with two attached hydrogens (primary N) is 2. The number of nitrogens with one attached hydrogen (secondary N) is 1. The second-order valence-electron chi connectivity index (χ2n) is 4.08. The van der Waals surface area contributed by atoms with Crippen molar-refractivity contribution in [3.8, 4) is 5.69 Å². The normalized spacial score (nSPS) is 11.7. The highest BCUT2D eigenvalue weighted by molar-refractivity contribution is 7.89. The minimum atomic E-state index is -3.72. The van der Waals surface area contributed by atoms with Crippen LogP contribution in [0.5, 0.6) is 0 Å². The molecule has 2 aromatic rings. The van der Waals surface area contributed by atoms with Gasteiger partial charge in [-0.1, -0.05) is 0 Å². The summed E-state index contributed by atoms with van der Waals surface area (Å²) in [5.41, 5.74) is 8.38. The molecule has 2 rings (SSSR count). The molecule has 0 unspecified atom stereocenters. The zero-order chi connectivity index (χ0) is 15.5. The summed E-state index contributed by atoms with van der Waals surface area (Å²) >= 11 is 0. The van der Waals surface area contributed by atoms with Crippen molar-refractivity contribution < 1.29 is 13.2 Å². The van der Waals surface area contributed by atoms with E-state index in [1.807, 2.05) is 0 Å². The molecule has 1 aromatic carbocycles. The fraction of sp³-hybridized carbons (Fsp3) is 0. The van der Waals surface area contributed by atoms with Crippen LogP contribution in [-0.4, -0.2) is 25.2 Å². The molecule has 0 aliphatic heterocycles. The molecule has 1 aromatic heterocycles. The topological polar surface area (TPSA) is 133 Å². The van der Waals surface area contributed by atoms with E-state index in [0.717, 1.165) is 0 Å². The van der Waals surface area contributed by atoms with E-state index < -0.39 is 16.1 Å². The summed E-state index contributed by atoms with van der Waals surface area (Å²) in [7, 11) is -3.72. The zero-order valence-corrected chi connectivity index (χ0v) is 11.6. The summed E-state index contributed by atoms with van der Waals surface area (Å²) in [6.45, 7) is 0. The maximum atomic E-state index is 11.2. The molecule has 1 heterocycles. The van der Waals surface area contributed by atoms with E-state index in [9.17, 15) is 13.2 Å². The van der Waals surface area contributed by atoms with E-state index in [0.29, 0.717) is 11.4 Å². The predicted molar refractivity (Wildman–Crippen MR) is 77.5 cm³/mol. The minimum absolute atomic E-state index is 0.0315. The Labute approximate surface area is 121 Å². The number of rotatable bonds is 4. The summed E-state index contributed by atoms with van der Waals surface area (Å²) in [6, 6.07) is 8.82. The van der Waals surface area contributed by atoms with Gasteiger partial charge in [-0.3, -0.25) is 0 Å². The van der Waals surface area contributed by atoms with E-state index in [1.54, 1.807) is 35.0 Å². The maximum absolute atomic E-state index is 11.2. The number of benzene rings is 1. The molecule has 0 aliphatic carbocycles. The molecule has 8 nitrogen and oxygen atoms in total. The van der Waals surface area contributed by atoms with Crippen molar-refractivity contribution in [2.75, 3.05) is 0 Å². The summed E-state index contributed by atoms with van der Waals surface area (Å²) in [4.78, 5) is 10.6. The van der Waals surface area contributed by atoms with Crippen molar-refractivity contribution in [3.05, 3.63) is 48.3 Å². The highest BCUT2D eigenvalue weighted by Crippen LogP contribution is 2.14. The third-order valence-corrected chi connectivity index (χ3v) is 3.52. The minimum Gasteiger partial charge on any atom is -0.350 e. The second kappa shape index (κ2) is 5.77. The molecule has 0 saturated carbocycles. The van der Waals surface area contributed by atoms with Crippen molar-refractivity contribution in [2.45, 2.75) is 4.90 Å². The Morgan fingerprint density at radius 1 is 1.24 bits per heavy atom. The number of carbonyl (C=O) groups is 1. The standard InChI is InChI=1S/C12H13N5O3S/c13-12(18)16-15-8-10-2-1-7-17(10)9-3-5-11(6-4-9)21(14,19)20/h1-8H,(H3,13,16,18)(H2,14,19,20). The lowest BCUT2D eigenvalue weighted by atomic mass is 10.3. The molecule has 0 radical (unpaired) electrons. The van der Waals surface area contributed by atoms with Crippen molar-refractivity contribution in [3.63, 3.8) is 0 Å². The molecule has 21 heavy (non-hydrogen) atoms. The Bertz CT molecular complexity index is 777. The number of hydrogen-bond acceptors (Lipinski definition) is 4. The predicted octanol–water partition coefficient (Wildman–Crippen LogP) is 0.127. The van der Waals surface area contributed by atoms with Gasteiger partial charge in [-0.25, -0.2) is 23.8 Å². The molecule has 0 atom stereocenters. The molecule has 0 aliphatic rings. The molecule has 0 saturated heterocycles. The summed E-state index contributed by atoms with van der Waals surface area (Å²) < 4.78 is 24.2. The second-order valence-corrected chi connectivity index (χ2v) is 5.64. The monoisotopic (exact) mass is 307 g/mol. The molecule has 9 heteroatoms. The SMILES string of the molecule is NC(=O)NN=Cc1cccn1-c1ccc(S(N)(=O)=O)cc1. The molecule has 0 bridgehead atoms. The average molecular weight is 307 g/mol. The summed E-state index contributed by atoms with van der Waals surface area (Å²) in [5, 5.41) is 8.71.